The van der Waals surface area contributed by atoms with Crippen LogP contribution < -0.4 is 0 Å². The Kier molecular flexibility index (Phi) is 3.67. The fourth-order valence-corrected chi connectivity index (χ4v) is 1.14. The van der Waals surface area contributed by atoms with Gasteiger partial charge in [0.05, 0.1) is 5.60 Å². The minimum absolute atomic E-state index is 0.160. The molecule has 0 aromatic heterocycles. The topological polar surface area (TPSA) is 46.5 Å². The van der Waals surface area contributed by atoms with E-state index in [4.69, 9.17) is 9.53 Å². The second-order valence-corrected chi connectivity index (χ2v) is 3.77. The van der Waals surface area contributed by atoms with E-state index in [1.165, 1.54) is 0 Å². The van der Waals surface area contributed by atoms with Crippen LogP contribution in [0.15, 0.2) is 12.2 Å². The van der Waals surface area contributed by atoms with Gasteiger partial charge in [-0.15, -0.1) is 0 Å². The van der Waals surface area contributed by atoms with Gasteiger partial charge < -0.3 is 9.53 Å². The zero-order chi connectivity index (χ0) is 9.94. The van der Waals surface area contributed by atoms with Crippen LogP contribution in [0.5, 0.6) is 0 Å². The van der Waals surface area contributed by atoms with Crippen LogP contribution in [0, 0.1) is 5.92 Å². The van der Waals surface area contributed by atoms with Crippen molar-refractivity contribution < 1.29 is 14.3 Å². The molecule has 0 fully saturated rings. The highest BCUT2D eigenvalue weighted by Gasteiger charge is 2.29. The first-order chi connectivity index (χ1) is 5.33. The molecule has 12 heavy (non-hydrogen) atoms. The molecular formula is C8H16O3Si. The first-order valence-corrected chi connectivity index (χ1v) is 4.61. The molecule has 3 nitrogen and oxygen atoms in total. The normalized spacial score (nSPS) is 14.2. The van der Waals surface area contributed by atoms with Gasteiger partial charge >= 0.3 is 5.97 Å². The van der Waals surface area contributed by atoms with Crippen LogP contribution in [0.2, 0.25) is 0 Å². The Morgan fingerprint density at radius 3 is 2.33 bits per heavy atom. The summed E-state index contributed by atoms with van der Waals surface area (Å²) in [5.74, 6) is -1.11. The highest BCUT2D eigenvalue weighted by atomic mass is 28.2. The van der Waals surface area contributed by atoms with Crippen molar-refractivity contribution in [3.05, 3.63) is 12.2 Å². The predicted molar refractivity (Wildman–Crippen MR) is 51.0 cm³/mol. The van der Waals surface area contributed by atoms with E-state index in [2.05, 4.69) is 6.58 Å². The van der Waals surface area contributed by atoms with Gasteiger partial charge in [0.25, 0.3) is 0 Å². The number of carbonyl (C=O) groups is 1. The van der Waals surface area contributed by atoms with Crippen LogP contribution in [0.1, 0.15) is 20.8 Å². The summed E-state index contributed by atoms with van der Waals surface area (Å²) in [5.41, 5.74) is -0.210. The molecule has 0 aliphatic heterocycles. The van der Waals surface area contributed by atoms with Gasteiger partial charge in [-0.1, -0.05) is 13.5 Å². The van der Waals surface area contributed by atoms with E-state index in [0.717, 1.165) is 0 Å². The van der Waals surface area contributed by atoms with E-state index < -0.39 is 11.6 Å². The lowest BCUT2D eigenvalue weighted by atomic mass is 9.87. The van der Waals surface area contributed by atoms with Crippen LogP contribution in [-0.2, 0) is 9.22 Å². The summed E-state index contributed by atoms with van der Waals surface area (Å²) in [5, 5.41) is 8.67. The maximum absolute atomic E-state index is 10.6. The molecule has 0 aliphatic carbocycles. The van der Waals surface area contributed by atoms with Crippen LogP contribution >= 0.6 is 0 Å². The fraction of sp³-hybridized carbons (Fsp3) is 0.625. The van der Waals surface area contributed by atoms with Gasteiger partial charge in [-0.2, -0.15) is 0 Å². The maximum Gasteiger partial charge on any atom is 0.331 e. The predicted octanol–water partition coefficient (Wildman–Crippen LogP) is 0.339. The molecule has 0 radical (unpaired) electrons. The Labute approximate surface area is 76.0 Å². The molecular weight excluding hydrogens is 172 g/mol. The minimum atomic E-state index is -0.950. The first-order valence-electron chi connectivity index (χ1n) is 3.80. The summed E-state index contributed by atoms with van der Waals surface area (Å²) in [7, 11) is 0.603. The van der Waals surface area contributed by atoms with Crippen LogP contribution in [0.3, 0.4) is 0 Å². The third kappa shape index (κ3) is 2.46. The van der Waals surface area contributed by atoms with Gasteiger partial charge in [0.1, 0.15) is 10.5 Å². The van der Waals surface area contributed by atoms with Crippen molar-refractivity contribution in [3.8, 4) is 0 Å². The molecule has 0 amide bonds. The number of carboxylic acids is 1. The van der Waals surface area contributed by atoms with Crippen LogP contribution in [0.25, 0.3) is 0 Å². The molecule has 0 heterocycles. The van der Waals surface area contributed by atoms with Crippen molar-refractivity contribution in [1.29, 1.82) is 0 Å². The summed E-state index contributed by atoms with van der Waals surface area (Å²) in [6.07, 6.45) is 0. The maximum atomic E-state index is 10.6. The van der Waals surface area contributed by atoms with Crippen molar-refractivity contribution in [2.45, 2.75) is 26.4 Å². The Hall–Kier alpha value is -0.613. The zero-order valence-corrected chi connectivity index (χ0v) is 10.0. The highest BCUT2D eigenvalue weighted by molar-refractivity contribution is 5.98. The number of hydrogen-bond acceptors (Lipinski definition) is 2. The smallest absolute Gasteiger partial charge is 0.331 e. The summed E-state index contributed by atoms with van der Waals surface area (Å²) < 4.78 is 5.29. The second-order valence-electron chi connectivity index (χ2n) is 3.36. The standard InChI is InChI=1S/C8H16O3Si/c1-5(7(9)10)6(2)8(3,4)11-12/h6H,1H2,2-4,12H3,(H,9,10). The molecule has 1 unspecified atom stereocenters. The quantitative estimate of drug-likeness (QED) is 0.511. The third-order valence-electron chi connectivity index (χ3n) is 2.37. The van der Waals surface area contributed by atoms with Gasteiger partial charge in [-0.05, 0) is 13.8 Å². The Morgan fingerprint density at radius 2 is 2.08 bits per heavy atom. The number of hydrogen-bond donors (Lipinski definition) is 1. The molecule has 0 spiro atoms. The number of aliphatic carboxylic acids is 1. The van der Waals surface area contributed by atoms with E-state index in [-0.39, 0.29) is 11.5 Å². The molecule has 0 aliphatic rings. The minimum Gasteiger partial charge on any atom is -0.478 e. The number of carboxylic acid groups (broad SMARTS) is 1. The molecule has 0 saturated carbocycles. The van der Waals surface area contributed by atoms with Crippen molar-refractivity contribution in [1.82, 2.24) is 0 Å². The molecule has 0 aromatic carbocycles. The molecule has 1 N–H and O–H groups in total. The summed E-state index contributed by atoms with van der Waals surface area (Å²) >= 11 is 0. The van der Waals surface area contributed by atoms with Gasteiger partial charge in [-0.25, -0.2) is 4.79 Å². The van der Waals surface area contributed by atoms with Crippen molar-refractivity contribution in [3.63, 3.8) is 0 Å². The largest absolute Gasteiger partial charge is 0.478 e. The first kappa shape index (κ1) is 11.4. The van der Waals surface area contributed by atoms with Gasteiger partial charge in [-0.3, -0.25) is 0 Å². The summed E-state index contributed by atoms with van der Waals surface area (Å²) in [6.45, 7) is 9.07. The average Bonchev–Trinajstić information content (AvgIpc) is 2.01. The lowest BCUT2D eigenvalue weighted by molar-refractivity contribution is -0.134. The second kappa shape index (κ2) is 3.87. The van der Waals surface area contributed by atoms with E-state index in [1.54, 1.807) is 0 Å². The van der Waals surface area contributed by atoms with Crippen molar-refractivity contribution in [2.24, 2.45) is 5.92 Å². The lowest BCUT2D eigenvalue weighted by Crippen LogP contribution is -2.34. The zero-order valence-electron chi connectivity index (χ0n) is 8.05. The highest BCUT2D eigenvalue weighted by Crippen LogP contribution is 2.25. The Morgan fingerprint density at radius 1 is 1.67 bits per heavy atom. The monoisotopic (exact) mass is 188 g/mol. The van der Waals surface area contributed by atoms with E-state index in [1.807, 2.05) is 20.8 Å². The SMILES string of the molecule is C=C(C(=O)O)C(C)C(C)(C)O[SiH3]. The van der Waals surface area contributed by atoms with E-state index in [9.17, 15) is 4.79 Å². The van der Waals surface area contributed by atoms with Crippen LogP contribution in [-0.4, -0.2) is 27.2 Å². The Balaban J connectivity index is 4.49. The molecule has 1 atom stereocenters. The average molecular weight is 188 g/mol. The van der Waals surface area contributed by atoms with Crippen LogP contribution in [0.4, 0.5) is 0 Å². The fourth-order valence-electron chi connectivity index (χ4n) is 0.782. The van der Waals surface area contributed by atoms with Crippen molar-refractivity contribution in [2.75, 3.05) is 0 Å². The lowest BCUT2D eigenvalue weighted by Gasteiger charge is -2.31. The molecule has 0 saturated heterocycles. The van der Waals surface area contributed by atoms with Gasteiger partial charge in [0, 0.05) is 11.5 Å². The summed E-state index contributed by atoms with van der Waals surface area (Å²) in [4.78, 5) is 10.6. The Bertz CT molecular complexity index is 198. The van der Waals surface area contributed by atoms with Gasteiger partial charge in [0.2, 0.25) is 0 Å². The third-order valence-corrected chi connectivity index (χ3v) is 3.42. The molecule has 0 aromatic rings. The van der Waals surface area contributed by atoms with Gasteiger partial charge in [0.15, 0.2) is 0 Å². The summed E-state index contributed by atoms with van der Waals surface area (Å²) in [6, 6.07) is 0. The molecule has 0 rings (SSSR count). The van der Waals surface area contributed by atoms with E-state index in [0.29, 0.717) is 10.5 Å². The molecule has 4 heteroatoms. The molecule has 0 bridgehead atoms. The van der Waals surface area contributed by atoms with E-state index >= 15 is 0 Å². The number of rotatable bonds is 4. The molecule has 70 valence electrons. The van der Waals surface area contributed by atoms with Crippen molar-refractivity contribution >= 4 is 16.5 Å².